The highest BCUT2D eigenvalue weighted by atomic mass is 16.2. The van der Waals surface area contributed by atoms with Crippen molar-refractivity contribution in [1.29, 1.82) is 0 Å². The van der Waals surface area contributed by atoms with Crippen LogP contribution in [0.2, 0.25) is 0 Å². The van der Waals surface area contributed by atoms with Gasteiger partial charge >= 0.3 is 0 Å². The van der Waals surface area contributed by atoms with Crippen LogP contribution in [0.3, 0.4) is 0 Å². The van der Waals surface area contributed by atoms with Crippen LogP contribution in [0, 0.1) is 12.8 Å². The molecule has 0 aliphatic rings. The minimum Gasteiger partial charge on any atom is -0.368 e. The Labute approximate surface area is 114 Å². The topological polar surface area (TPSA) is 72.2 Å². The number of primary amides is 1. The SMILES string of the molecule is Cc1ccc(CC(=O)NC(C)(C(N)=O)C(C)C)cc1. The number of benzene rings is 1. The van der Waals surface area contributed by atoms with Gasteiger partial charge in [0.2, 0.25) is 11.8 Å². The lowest BCUT2D eigenvalue weighted by Gasteiger charge is -2.31. The number of carbonyl (C=O) groups is 2. The van der Waals surface area contributed by atoms with Crippen LogP contribution < -0.4 is 11.1 Å². The van der Waals surface area contributed by atoms with Crippen molar-refractivity contribution >= 4 is 11.8 Å². The van der Waals surface area contributed by atoms with Crippen LogP contribution in [-0.2, 0) is 16.0 Å². The van der Waals surface area contributed by atoms with E-state index in [1.165, 1.54) is 0 Å². The van der Waals surface area contributed by atoms with Crippen LogP contribution in [-0.4, -0.2) is 17.4 Å². The molecule has 4 heteroatoms. The van der Waals surface area contributed by atoms with E-state index in [0.717, 1.165) is 11.1 Å². The Kier molecular flexibility index (Phi) is 4.70. The first-order chi connectivity index (χ1) is 8.75. The number of amides is 2. The van der Waals surface area contributed by atoms with E-state index < -0.39 is 11.4 Å². The average Bonchev–Trinajstić information content (AvgIpc) is 2.31. The molecule has 4 nitrogen and oxygen atoms in total. The molecule has 1 unspecified atom stereocenters. The number of hydrogen-bond acceptors (Lipinski definition) is 2. The number of aryl methyl sites for hydroxylation is 1. The molecule has 0 spiro atoms. The molecule has 2 amide bonds. The standard InChI is InChI=1S/C15H22N2O2/c1-10(2)15(4,14(16)19)17-13(18)9-12-7-5-11(3)6-8-12/h5-8,10H,9H2,1-4H3,(H2,16,19)(H,17,18). The van der Waals surface area contributed by atoms with Crippen LogP contribution in [0.25, 0.3) is 0 Å². The van der Waals surface area contributed by atoms with E-state index in [2.05, 4.69) is 5.32 Å². The second-order valence-corrected chi connectivity index (χ2v) is 5.43. The first-order valence-corrected chi connectivity index (χ1v) is 6.42. The van der Waals surface area contributed by atoms with Crippen LogP contribution in [0.1, 0.15) is 31.9 Å². The monoisotopic (exact) mass is 262 g/mol. The van der Waals surface area contributed by atoms with Gasteiger partial charge in [-0.3, -0.25) is 9.59 Å². The van der Waals surface area contributed by atoms with Gasteiger partial charge in [0.15, 0.2) is 0 Å². The Bertz CT molecular complexity index is 466. The Hall–Kier alpha value is -1.84. The molecule has 1 atom stereocenters. The maximum Gasteiger partial charge on any atom is 0.243 e. The van der Waals surface area contributed by atoms with E-state index in [1.54, 1.807) is 6.92 Å². The molecule has 1 aromatic rings. The summed E-state index contributed by atoms with van der Waals surface area (Å²) >= 11 is 0. The summed E-state index contributed by atoms with van der Waals surface area (Å²) in [6.45, 7) is 7.37. The van der Waals surface area contributed by atoms with Gasteiger partial charge in [0.1, 0.15) is 5.54 Å². The normalized spacial score (nSPS) is 13.9. The van der Waals surface area contributed by atoms with Crippen LogP contribution >= 0.6 is 0 Å². The van der Waals surface area contributed by atoms with Gasteiger partial charge in [0, 0.05) is 0 Å². The summed E-state index contributed by atoms with van der Waals surface area (Å²) < 4.78 is 0. The van der Waals surface area contributed by atoms with Crippen molar-refractivity contribution in [2.24, 2.45) is 11.7 Å². The van der Waals surface area contributed by atoms with Gasteiger partial charge in [0.05, 0.1) is 6.42 Å². The molecule has 3 N–H and O–H groups in total. The second-order valence-electron chi connectivity index (χ2n) is 5.43. The summed E-state index contributed by atoms with van der Waals surface area (Å²) in [5, 5.41) is 2.74. The van der Waals surface area contributed by atoms with Gasteiger partial charge in [-0.1, -0.05) is 43.7 Å². The summed E-state index contributed by atoms with van der Waals surface area (Å²) in [5.74, 6) is -0.773. The molecule has 0 aromatic heterocycles. The predicted octanol–water partition coefficient (Wildman–Crippen LogP) is 1.55. The van der Waals surface area contributed by atoms with E-state index in [9.17, 15) is 9.59 Å². The van der Waals surface area contributed by atoms with Crippen molar-refractivity contribution in [2.45, 2.75) is 39.7 Å². The molecule has 0 heterocycles. The zero-order chi connectivity index (χ0) is 14.6. The highest BCUT2D eigenvalue weighted by molar-refractivity contribution is 5.90. The van der Waals surface area contributed by atoms with E-state index in [-0.39, 0.29) is 18.2 Å². The highest BCUT2D eigenvalue weighted by Gasteiger charge is 2.36. The zero-order valence-electron chi connectivity index (χ0n) is 12.0. The fraction of sp³-hybridized carbons (Fsp3) is 0.467. The van der Waals surface area contributed by atoms with Crippen LogP contribution in [0.15, 0.2) is 24.3 Å². The highest BCUT2D eigenvalue weighted by Crippen LogP contribution is 2.16. The van der Waals surface area contributed by atoms with E-state index >= 15 is 0 Å². The molecule has 0 aliphatic heterocycles. The molecular weight excluding hydrogens is 240 g/mol. The second kappa shape index (κ2) is 5.87. The largest absolute Gasteiger partial charge is 0.368 e. The van der Waals surface area contributed by atoms with Crippen LogP contribution in [0.5, 0.6) is 0 Å². The molecule has 0 aliphatic carbocycles. The third-order valence-corrected chi connectivity index (χ3v) is 3.55. The third kappa shape index (κ3) is 3.81. The van der Waals surface area contributed by atoms with Gasteiger partial charge in [-0.25, -0.2) is 0 Å². The predicted molar refractivity (Wildman–Crippen MR) is 75.5 cm³/mol. The molecular formula is C15H22N2O2. The fourth-order valence-corrected chi connectivity index (χ4v) is 1.72. The zero-order valence-corrected chi connectivity index (χ0v) is 12.0. The summed E-state index contributed by atoms with van der Waals surface area (Å²) in [6.07, 6.45) is 0.246. The van der Waals surface area contributed by atoms with E-state index in [1.807, 2.05) is 45.0 Å². The van der Waals surface area contributed by atoms with Crippen molar-refractivity contribution < 1.29 is 9.59 Å². The lowest BCUT2D eigenvalue weighted by atomic mass is 9.87. The fourth-order valence-electron chi connectivity index (χ4n) is 1.72. The number of nitrogens with two attached hydrogens (primary N) is 1. The van der Waals surface area contributed by atoms with Gasteiger partial charge in [-0.2, -0.15) is 0 Å². The Morgan fingerprint density at radius 2 is 1.79 bits per heavy atom. The van der Waals surface area contributed by atoms with Crippen molar-refractivity contribution in [3.05, 3.63) is 35.4 Å². The quantitative estimate of drug-likeness (QED) is 0.845. The maximum absolute atomic E-state index is 12.0. The molecule has 0 radical (unpaired) electrons. The minimum absolute atomic E-state index is 0.0630. The third-order valence-electron chi connectivity index (χ3n) is 3.55. The molecule has 0 fully saturated rings. The summed E-state index contributed by atoms with van der Waals surface area (Å²) in [7, 11) is 0. The molecule has 19 heavy (non-hydrogen) atoms. The Balaban J connectivity index is 2.74. The van der Waals surface area contributed by atoms with Crippen molar-refractivity contribution in [3.8, 4) is 0 Å². The smallest absolute Gasteiger partial charge is 0.243 e. The summed E-state index contributed by atoms with van der Waals surface area (Å²) in [4.78, 5) is 23.5. The van der Waals surface area contributed by atoms with Crippen molar-refractivity contribution in [1.82, 2.24) is 5.32 Å². The van der Waals surface area contributed by atoms with Crippen molar-refractivity contribution in [2.75, 3.05) is 0 Å². The summed E-state index contributed by atoms with van der Waals surface area (Å²) in [6, 6.07) is 7.73. The molecule has 1 rings (SSSR count). The molecule has 0 saturated carbocycles. The van der Waals surface area contributed by atoms with Crippen molar-refractivity contribution in [3.63, 3.8) is 0 Å². The van der Waals surface area contributed by atoms with Gasteiger partial charge < -0.3 is 11.1 Å². The number of hydrogen-bond donors (Lipinski definition) is 2. The number of rotatable bonds is 5. The first-order valence-electron chi connectivity index (χ1n) is 6.42. The Morgan fingerprint density at radius 3 is 2.21 bits per heavy atom. The van der Waals surface area contributed by atoms with Gasteiger partial charge in [-0.05, 0) is 25.3 Å². The molecule has 0 saturated heterocycles. The Morgan fingerprint density at radius 1 is 1.26 bits per heavy atom. The average molecular weight is 262 g/mol. The molecule has 1 aromatic carbocycles. The lowest BCUT2D eigenvalue weighted by Crippen LogP contribution is -2.59. The number of nitrogens with one attached hydrogen (secondary N) is 1. The van der Waals surface area contributed by atoms with E-state index in [0.29, 0.717) is 0 Å². The summed E-state index contributed by atoms with van der Waals surface area (Å²) in [5.41, 5.74) is 6.43. The number of carbonyl (C=O) groups excluding carboxylic acids is 2. The maximum atomic E-state index is 12.0. The minimum atomic E-state index is -1.01. The lowest BCUT2D eigenvalue weighted by molar-refractivity contribution is -0.132. The van der Waals surface area contributed by atoms with Gasteiger partial charge in [-0.15, -0.1) is 0 Å². The molecule has 0 bridgehead atoms. The van der Waals surface area contributed by atoms with Gasteiger partial charge in [0.25, 0.3) is 0 Å². The van der Waals surface area contributed by atoms with Crippen LogP contribution in [0.4, 0.5) is 0 Å². The van der Waals surface area contributed by atoms with E-state index in [4.69, 9.17) is 5.73 Å². The molecule has 104 valence electrons. The first kappa shape index (κ1) is 15.2.